The topological polar surface area (TPSA) is 79.6 Å². The number of hydrogen-bond donors (Lipinski definition) is 2. The smallest absolute Gasteiger partial charge is 0.191 e. The van der Waals surface area contributed by atoms with Crippen molar-refractivity contribution in [3.63, 3.8) is 0 Å². The lowest BCUT2D eigenvalue weighted by atomic mass is 10.1. The van der Waals surface area contributed by atoms with E-state index in [0.717, 1.165) is 42.7 Å². The molecule has 176 valence electrons. The molecule has 2 aromatic heterocycles. The van der Waals surface area contributed by atoms with Crippen LogP contribution < -0.4 is 15.4 Å². The molecule has 9 heteroatoms. The summed E-state index contributed by atoms with van der Waals surface area (Å²) in [6.45, 7) is 3.64. The summed E-state index contributed by atoms with van der Waals surface area (Å²) in [6.07, 6.45) is 7.92. The third-order valence-electron chi connectivity index (χ3n) is 5.76. The van der Waals surface area contributed by atoms with Gasteiger partial charge in [0.15, 0.2) is 11.8 Å². The van der Waals surface area contributed by atoms with Gasteiger partial charge in [-0.3, -0.25) is 9.89 Å². The number of nitrogens with one attached hydrogen (secondary N) is 2. The Labute approximate surface area is 212 Å². The lowest BCUT2D eigenvalue weighted by Crippen LogP contribution is -2.42. The second-order valence-corrected chi connectivity index (χ2v) is 7.82. The fourth-order valence-corrected chi connectivity index (χ4v) is 4.06. The van der Waals surface area contributed by atoms with E-state index in [-0.39, 0.29) is 30.0 Å². The number of hydrogen-bond acceptors (Lipinski definition) is 5. The Morgan fingerprint density at radius 3 is 2.70 bits per heavy atom. The summed E-state index contributed by atoms with van der Waals surface area (Å²) < 4.78 is 7.21. The molecule has 0 amide bonds. The third kappa shape index (κ3) is 6.67. The molecular weight excluding hydrogens is 529 g/mol. The Morgan fingerprint density at radius 1 is 1.12 bits per heavy atom. The van der Waals surface area contributed by atoms with Crippen LogP contribution in [0, 0.1) is 0 Å². The van der Waals surface area contributed by atoms with Crippen molar-refractivity contribution in [3.8, 4) is 11.6 Å². The number of guanidine groups is 1. The van der Waals surface area contributed by atoms with E-state index in [0.29, 0.717) is 6.54 Å². The number of rotatable bonds is 8. The fraction of sp³-hybridized carbons (Fsp3) is 0.375. The van der Waals surface area contributed by atoms with Gasteiger partial charge in [-0.1, -0.05) is 12.1 Å². The zero-order valence-corrected chi connectivity index (χ0v) is 21.5. The standard InChI is InChI=1S/C24H31N7O.HI/c1-25-24(27-17-19-9-11-26-23(15-19)31-14-6-10-29-31)28-18-22(30-12-3-4-13-30)20-7-5-8-21(16-20)32-2;/h5-11,14-16,22H,3-4,12-13,17-18H2,1-2H3,(H2,25,27,28);1H. The predicted molar refractivity (Wildman–Crippen MR) is 142 cm³/mol. The largest absolute Gasteiger partial charge is 0.497 e. The van der Waals surface area contributed by atoms with Gasteiger partial charge in [-0.2, -0.15) is 5.10 Å². The maximum Gasteiger partial charge on any atom is 0.191 e. The monoisotopic (exact) mass is 561 g/mol. The van der Waals surface area contributed by atoms with Crippen LogP contribution in [0.25, 0.3) is 5.82 Å². The molecular formula is C24H32IN7O. The minimum atomic E-state index is 0. The van der Waals surface area contributed by atoms with E-state index in [2.05, 4.69) is 48.8 Å². The molecule has 3 aromatic rings. The van der Waals surface area contributed by atoms with Gasteiger partial charge in [0.25, 0.3) is 0 Å². The summed E-state index contributed by atoms with van der Waals surface area (Å²) in [6, 6.07) is 14.5. The first-order chi connectivity index (χ1) is 15.8. The molecule has 1 atom stereocenters. The van der Waals surface area contributed by atoms with Crippen LogP contribution in [0.5, 0.6) is 5.75 Å². The highest BCUT2D eigenvalue weighted by molar-refractivity contribution is 14.0. The first kappa shape index (κ1) is 25.0. The number of benzene rings is 1. The molecule has 2 N–H and O–H groups in total. The summed E-state index contributed by atoms with van der Waals surface area (Å²) in [5, 5.41) is 11.2. The van der Waals surface area contributed by atoms with E-state index in [1.165, 1.54) is 18.4 Å². The van der Waals surface area contributed by atoms with Gasteiger partial charge >= 0.3 is 0 Å². The highest BCUT2D eigenvalue weighted by Crippen LogP contribution is 2.27. The zero-order valence-electron chi connectivity index (χ0n) is 19.1. The molecule has 0 radical (unpaired) electrons. The Kier molecular flexibility index (Phi) is 9.49. The van der Waals surface area contributed by atoms with Gasteiger partial charge in [-0.15, -0.1) is 24.0 Å². The second-order valence-electron chi connectivity index (χ2n) is 7.82. The van der Waals surface area contributed by atoms with Crippen LogP contribution in [0.1, 0.15) is 30.0 Å². The molecule has 1 fully saturated rings. The van der Waals surface area contributed by atoms with Crippen LogP contribution in [-0.2, 0) is 6.54 Å². The molecule has 1 unspecified atom stereocenters. The number of likely N-dealkylation sites (tertiary alicyclic amines) is 1. The molecule has 1 aliphatic heterocycles. The average molecular weight is 561 g/mol. The van der Waals surface area contributed by atoms with Gasteiger partial charge in [0.2, 0.25) is 0 Å². The number of aliphatic imine (C=N–C) groups is 1. The van der Waals surface area contributed by atoms with Crippen molar-refractivity contribution >= 4 is 29.9 Å². The van der Waals surface area contributed by atoms with Crippen molar-refractivity contribution in [2.24, 2.45) is 4.99 Å². The zero-order chi connectivity index (χ0) is 22.2. The van der Waals surface area contributed by atoms with Crippen molar-refractivity contribution < 1.29 is 4.74 Å². The predicted octanol–water partition coefficient (Wildman–Crippen LogP) is 3.40. The van der Waals surface area contributed by atoms with Crippen LogP contribution in [0.15, 0.2) is 66.0 Å². The lowest BCUT2D eigenvalue weighted by molar-refractivity contribution is 0.245. The van der Waals surface area contributed by atoms with Gasteiger partial charge < -0.3 is 15.4 Å². The highest BCUT2D eigenvalue weighted by Gasteiger charge is 2.24. The molecule has 1 saturated heterocycles. The summed E-state index contributed by atoms with van der Waals surface area (Å²) >= 11 is 0. The first-order valence-electron chi connectivity index (χ1n) is 11.0. The Bertz CT molecular complexity index is 1020. The van der Waals surface area contributed by atoms with E-state index in [1.54, 1.807) is 31.2 Å². The molecule has 0 saturated carbocycles. The number of halogens is 1. The van der Waals surface area contributed by atoms with Gasteiger partial charge in [-0.25, -0.2) is 9.67 Å². The summed E-state index contributed by atoms with van der Waals surface area (Å²) in [4.78, 5) is 11.3. The lowest BCUT2D eigenvalue weighted by Gasteiger charge is -2.29. The first-order valence-corrected chi connectivity index (χ1v) is 11.0. The molecule has 4 rings (SSSR count). The minimum absolute atomic E-state index is 0. The van der Waals surface area contributed by atoms with E-state index < -0.39 is 0 Å². The molecule has 3 heterocycles. The number of pyridine rings is 1. The van der Waals surface area contributed by atoms with Gasteiger partial charge in [0.1, 0.15) is 5.75 Å². The number of methoxy groups -OCH3 is 1. The van der Waals surface area contributed by atoms with Crippen LogP contribution in [0.3, 0.4) is 0 Å². The van der Waals surface area contributed by atoms with Crippen molar-refractivity contribution in [1.82, 2.24) is 30.3 Å². The number of ether oxygens (including phenoxy) is 1. The number of aromatic nitrogens is 3. The molecule has 8 nitrogen and oxygen atoms in total. The minimum Gasteiger partial charge on any atom is -0.497 e. The molecule has 0 spiro atoms. The molecule has 1 aromatic carbocycles. The van der Waals surface area contributed by atoms with Gasteiger partial charge in [0.05, 0.1) is 13.2 Å². The third-order valence-corrected chi connectivity index (χ3v) is 5.76. The number of nitrogens with zero attached hydrogens (tertiary/aromatic N) is 5. The van der Waals surface area contributed by atoms with Crippen LogP contribution in [0.4, 0.5) is 0 Å². The summed E-state index contributed by atoms with van der Waals surface area (Å²) in [5.41, 5.74) is 2.37. The SMILES string of the molecule is CN=C(NCc1ccnc(-n2cccn2)c1)NCC(c1cccc(OC)c1)N1CCCC1.I. The molecule has 0 bridgehead atoms. The van der Waals surface area contributed by atoms with E-state index in [9.17, 15) is 0 Å². The Balaban J connectivity index is 0.00000306. The summed E-state index contributed by atoms with van der Waals surface area (Å²) in [5.74, 6) is 2.46. The Morgan fingerprint density at radius 2 is 1.97 bits per heavy atom. The Hall–Kier alpha value is -2.66. The van der Waals surface area contributed by atoms with Gasteiger partial charge in [0, 0.05) is 38.7 Å². The molecule has 33 heavy (non-hydrogen) atoms. The van der Waals surface area contributed by atoms with Crippen LogP contribution >= 0.6 is 24.0 Å². The highest BCUT2D eigenvalue weighted by atomic mass is 127. The van der Waals surface area contributed by atoms with Gasteiger partial charge in [-0.05, 0) is 67.4 Å². The molecule has 1 aliphatic rings. The van der Waals surface area contributed by atoms with Crippen molar-refractivity contribution in [1.29, 1.82) is 0 Å². The van der Waals surface area contributed by atoms with Crippen molar-refractivity contribution in [2.75, 3.05) is 33.8 Å². The maximum atomic E-state index is 5.45. The molecule has 0 aliphatic carbocycles. The van der Waals surface area contributed by atoms with Crippen molar-refractivity contribution in [3.05, 3.63) is 72.2 Å². The maximum absolute atomic E-state index is 5.45. The van der Waals surface area contributed by atoms with Crippen molar-refractivity contribution in [2.45, 2.75) is 25.4 Å². The van der Waals surface area contributed by atoms with Crippen LogP contribution in [0.2, 0.25) is 0 Å². The van der Waals surface area contributed by atoms with E-state index in [1.807, 2.05) is 30.5 Å². The summed E-state index contributed by atoms with van der Waals surface area (Å²) in [7, 11) is 3.51. The second kappa shape index (κ2) is 12.5. The average Bonchev–Trinajstić information content (AvgIpc) is 3.56. The van der Waals surface area contributed by atoms with E-state index >= 15 is 0 Å². The van der Waals surface area contributed by atoms with Crippen LogP contribution in [-0.4, -0.2) is 59.4 Å². The fourth-order valence-electron chi connectivity index (χ4n) is 4.06. The van der Waals surface area contributed by atoms with E-state index in [4.69, 9.17) is 4.74 Å². The quantitative estimate of drug-likeness (QED) is 0.250. The normalized spacial score (nSPS) is 15.0.